The maximum atomic E-state index is 10.2. The first-order chi connectivity index (χ1) is 7.83. The number of hydrogen-bond acceptors (Lipinski definition) is 2. The van der Waals surface area contributed by atoms with Crippen LogP contribution in [0, 0.1) is 5.41 Å². The Morgan fingerprint density at radius 2 is 2.00 bits per heavy atom. The minimum atomic E-state index is -0.471. The molecule has 1 unspecified atom stereocenters. The van der Waals surface area contributed by atoms with Crippen molar-refractivity contribution in [2.45, 2.75) is 39.7 Å². The van der Waals surface area contributed by atoms with Crippen molar-refractivity contribution in [2.24, 2.45) is 5.41 Å². The highest BCUT2D eigenvalue weighted by molar-refractivity contribution is 9.10. The fraction of sp³-hybridized carbons (Fsp3) is 0.571. The molecule has 17 heavy (non-hydrogen) atoms. The van der Waals surface area contributed by atoms with E-state index in [1.807, 2.05) is 18.2 Å². The van der Waals surface area contributed by atoms with Crippen LogP contribution in [0.1, 0.15) is 45.3 Å². The lowest BCUT2D eigenvalue weighted by Crippen LogP contribution is -2.09. The van der Waals surface area contributed by atoms with E-state index in [9.17, 15) is 5.11 Å². The first-order valence-electron chi connectivity index (χ1n) is 5.85. The van der Waals surface area contributed by atoms with Crippen LogP contribution in [0.3, 0.4) is 0 Å². The zero-order valence-corrected chi connectivity index (χ0v) is 12.5. The van der Waals surface area contributed by atoms with Crippen molar-refractivity contribution in [3.05, 3.63) is 28.2 Å². The number of rotatable bonds is 4. The molecule has 0 saturated heterocycles. The minimum Gasteiger partial charge on any atom is -0.496 e. The Balaban J connectivity index is 2.80. The normalized spacial score (nSPS) is 13.5. The fourth-order valence-corrected chi connectivity index (χ4v) is 2.07. The monoisotopic (exact) mass is 300 g/mol. The van der Waals surface area contributed by atoms with Crippen LogP contribution in [0.5, 0.6) is 5.75 Å². The molecule has 1 rings (SSSR count). The molecule has 0 bridgehead atoms. The zero-order valence-electron chi connectivity index (χ0n) is 11.0. The van der Waals surface area contributed by atoms with Gasteiger partial charge in [0.1, 0.15) is 5.75 Å². The second kappa shape index (κ2) is 5.87. The van der Waals surface area contributed by atoms with Crippen LogP contribution in [0.4, 0.5) is 0 Å². The van der Waals surface area contributed by atoms with Gasteiger partial charge in [0.15, 0.2) is 0 Å². The Bertz CT molecular complexity index is 369. The maximum Gasteiger partial charge on any atom is 0.124 e. The fourth-order valence-electron chi connectivity index (χ4n) is 1.69. The first kappa shape index (κ1) is 14.5. The molecule has 1 N–H and O–H groups in total. The second-order valence-corrected chi connectivity index (χ2v) is 6.42. The molecule has 0 spiro atoms. The lowest BCUT2D eigenvalue weighted by atomic mass is 9.88. The summed E-state index contributed by atoms with van der Waals surface area (Å²) in [6.07, 6.45) is 1.25. The maximum absolute atomic E-state index is 10.2. The van der Waals surface area contributed by atoms with Crippen molar-refractivity contribution >= 4 is 15.9 Å². The summed E-state index contributed by atoms with van der Waals surface area (Å²) in [5, 5.41) is 10.2. The molecule has 0 heterocycles. The van der Waals surface area contributed by atoms with Crippen LogP contribution >= 0.6 is 15.9 Å². The second-order valence-electron chi connectivity index (χ2n) is 5.50. The van der Waals surface area contributed by atoms with E-state index in [4.69, 9.17) is 4.74 Å². The van der Waals surface area contributed by atoms with E-state index in [1.54, 1.807) is 7.11 Å². The molecule has 0 aliphatic heterocycles. The van der Waals surface area contributed by atoms with Crippen LogP contribution < -0.4 is 4.74 Å². The number of hydrogen-bond donors (Lipinski definition) is 1. The van der Waals surface area contributed by atoms with Crippen molar-refractivity contribution in [1.29, 1.82) is 0 Å². The van der Waals surface area contributed by atoms with E-state index in [-0.39, 0.29) is 5.41 Å². The molecular weight excluding hydrogens is 280 g/mol. The summed E-state index contributed by atoms with van der Waals surface area (Å²) in [5.74, 6) is 0.745. The van der Waals surface area contributed by atoms with E-state index in [0.717, 1.165) is 28.6 Å². The lowest BCUT2D eigenvalue weighted by molar-refractivity contribution is 0.144. The number of benzene rings is 1. The van der Waals surface area contributed by atoms with E-state index in [2.05, 4.69) is 36.7 Å². The molecule has 1 atom stereocenters. The van der Waals surface area contributed by atoms with Gasteiger partial charge in [0.2, 0.25) is 0 Å². The third kappa shape index (κ3) is 4.68. The standard InChI is InChI=1S/C14H21BrO2/c1-14(2,3)8-7-12(16)11-9-10(15)5-6-13(11)17-4/h5-6,9,12,16H,7-8H2,1-4H3. The van der Waals surface area contributed by atoms with E-state index >= 15 is 0 Å². The van der Waals surface area contributed by atoms with Crippen LogP contribution in [-0.4, -0.2) is 12.2 Å². The molecule has 3 heteroatoms. The van der Waals surface area contributed by atoms with Gasteiger partial charge in [-0.25, -0.2) is 0 Å². The summed E-state index contributed by atoms with van der Waals surface area (Å²) >= 11 is 3.42. The smallest absolute Gasteiger partial charge is 0.124 e. The van der Waals surface area contributed by atoms with Crippen LogP contribution in [0.25, 0.3) is 0 Å². The number of aliphatic hydroxyl groups is 1. The largest absolute Gasteiger partial charge is 0.496 e. The van der Waals surface area contributed by atoms with Crippen LogP contribution in [0.15, 0.2) is 22.7 Å². The summed E-state index contributed by atoms with van der Waals surface area (Å²) in [5.41, 5.74) is 1.09. The molecule has 0 aliphatic carbocycles. The van der Waals surface area contributed by atoms with Crippen molar-refractivity contribution in [1.82, 2.24) is 0 Å². The summed E-state index contributed by atoms with van der Waals surface area (Å²) in [4.78, 5) is 0. The van der Waals surface area contributed by atoms with Crippen molar-refractivity contribution in [2.75, 3.05) is 7.11 Å². The molecule has 0 amide bonds. The molecule has 96 valence electrons. The van der Waals surface area contributed by atoms with Gasteiger partial charge in [-0.2, -0.15) is 0 Å². The molecule has 1 aromatic carbocycles. The Morgan fingerprint density at radius 3 is 2.53 bits per heavy atom. The van der Waals surface area contributed by atoms with Gasteiger partial charge in [-0.3, -0.25) is 0 Å². The van der Waals surface area contributed by atoms with Gasteiger partial charge in [-0.05, 0) is 36.5 Å². The summed E-state index contributed by atoms with van der Waals surface area (Å²) in [6, 6.07) is 5.71. The molecule has 2 nitrogen and oxygen atoms in total. The predicted molar refractivity (Wildman–Crippen MR) is 74.3 cm³/mol. The number of aliphatic hydroxyl groups excluding tert-OH is 1. The highest BCUT2D eigenvalue weighted by Gasteiger charge is 2.17. The molecule has 0 saturated carbocycles. The SMILES string of the molecule is COc1ccc(Br)cc1C(O)CCC(C)(C)C. The van der Waals surface area contributed by atoms with Crippen LogP contribution in [-0.2, 0) is 0 Å². The number of methoxy groups -OCH3 is 1. The van der Waals surface area contributed by atoms with Crippen LogP contribution in [0.2, 0.25) is 0 Å². The van der Waals surface area contributed by atoms with Gasteiger partial charge in [-0.1, -0.05) is 36.7 Å². The van der Waals surface area contributed by atoms with Gasteiger partial charge < -0.3 is 9.84 Å². The predicted octanol–water partition coefficient (Wildman–Crippen LogP) is 4.32. The van der Waals surface area contributed by atoms with Crippen molar-refractivity contribution < 1.29 is 9.84 Å². The minimum absolute atomic E-state index is 0.236. The summed E-state index contributed by atoms with van der Waals surface area (Å²) in [6.45, 7) is 6.54. The van der Waals surface area contributed by atoms with E-state index < -0.39 is 6.10 Å². The molecule has 1 aromatic rings. The van der Waals surface area contributed by atoms with Crippen molar-refractivity contribution in [3.8, 4) is 5.75 Å². The molecule has 0 radical (unpaired) electrons. The molecule has 0 aromatic heterocycles. The Labute approximate surface area is 112 Å². The van der Waals surface area contributed by atoms with Gasteiger partial charge in [0, 0.05) is 10.0 Å². The highest BCUT2D eigenvalue weighted by Crippen LogP contribution is 2.33. The average Bonchev–Trinajstić information content (AvgIpc) is 2.25. The van der Waals surface area contributed by atoms with Gasteiger partial charge >= 0.3 is 0 Å². The Kier molecular flexibility index (Phi) is 5.02. The number of halogens is 1. The first-order valence-corrected chi connectivity index (χ1v) is 6.64. The topological polar surface area (TPSA) is 29.5 Å². The third-order valence-corrected chi connectivity index (χ3v) is 3.21. The third-order valence-electron chi connectivity index (χ3n) is 2.72. The van der Waals surface area contributed by atoms with E-state index in [1.165, 1.54) is 0 Å². The molecule has 0 aliphatic rings. The van der Waals surface area contributed by atoms with Gasteiger partial charge in [0.25, 0.3) is 0 Å². The van der Waals surface area contributed by atoms with Gasteiger partial charge in [-0.15, -0.1) is 0 Å². The zero-order chi connectivity index (χ0) is 13.1. The Morgan fingerprint density at radius 1 is 1.35 bits per heavy atom. The van der Waals surface area contributed by atoms with Crippen molar-refractivity contribution in [3.63, 3.8) is 0 Å². The highest BCUT2D eigenvalue weighted by atomic mass is 79.9. The summed E-state index contributed by atoms with van der Waals surface area (Å²) in [7, 11) is 1.63. The Hall–Kier alpha value is -0.540. The molecular formula is C14H21BrO2. The molecule has 0 fully saturated rings. The average molecular weight is 301 g/mol. The summed E-state index contributed by atoms with van der Waals surface area (Å²) < 4.78 is 6.23. The lowest BCUT2D eigenvalue weighted by Gasteiger charge is -2.21. The van der Waals surface area contributed by atoms with E-state index in [0.29, 0.717) is 0 Å². The quantitative estimate of drug-likeness (QED) is 0.897. The van der Waals surface area contributed by atoms with Gasteiger partial charge in [0.05, 0.1) is 13.2 Å². The number of ether oxygens (including phenoxy) is 1.